The molecular weight excluding hydrogens is 446 g/mol. The van der Waals surface area contributed by atoms with E-state index < -0.39 is 5.60 Å². The molecule has 0 atom stereocenters. The van der Waals surface area contributed by atoms with Gasteiger partial charge in [0.25, 0.3) is 0 Å². The molecule has 1 aromatic rings. The van der Waals surface area contributed by atoms with Crippen molar-refractivity contribution in [3.8, 4) is 11.8 Å². The van der Waals surface area contributed by atoms with Crippen molar-refractivity contribution < 1.29 is 23.9 Å². The lowest BCUT2D eigenvalue weighted by Gasteiger charge is -2.46. The summed E-state index contributed by atoms with van der Waals surface area (Å²) in [5.41, 5.74) is 0.896. The maximum absolute atomic E-state index is 12.4. The molecule has 0 N–H and O–H groups in total. The standard InChI is InChI=1S/C27H35N3O5/c1-26(2,3)35-25(33)29-14-10-27(11-15-29)20-28(16-17-34-27)12-5-7-21-6-4-8-22(18-21)30-13-9-23(31)19-24(30)32/h4,6,8,18H,9-17,19-20H2,1-3H3. The second-order valence-corrected chi connectivity index (χ2v) is 10.6. The Morgan fingerprint density at radius 3 is 2.63 bits per heavy atom. The van der Waals surface area contributed by atoms with Gasteiger partial charge in [0, 0.05) is 50.4 Å². The van der Waals surface area contributed by atoms with Crippen LogP contribution in [0.3, 0.4) is 0 Å². The number of Topliss-reactive ketones (excluding diaryl/α,β-unsaturated/α-hetero) is 1. The van der Waals surface area contributed by atoms with Crippen LogP contribution in [0.25, 0.3) is 0 Å². The smallest absolute Gasteiger partial charge is 0.410 e. The van der Waals surface area contributed by atoms with Gasteiger partial charge >= 0.3 is 6.09 Å². The van der Waals surface area contributed by atoms with Crippen LogP contribution in [-0.2, 0) is 19.1 Å². The first-order chi connectivity index (χ1) is 16.6. The van der Waals surface area contributed by atoms with E-state index in [9.17, 15) is 14.4 Å². The highest BCUT2D eigenvalue weighted by atomic mass is 16.6. The van der Waals surface area contributed by atoms with Gasteiger partial charge in [0.15, 0.2) is 0 Å². The summed E-state index contributed by atoms with van der Waals surface area (Å²) in [5, 5.41) is 0. The topological polar surface area (TPSA) is 79.4 Å². The van der Waals surface area contributed by atoms with E-state index in [0.717, 1.165) is 37.2 Å². The first kappa shape index (κ1) is 25.2. The fourth-order valence-electron chi connectivity index (χ4n) is 4.78. The van der Waals surface area contributed by atoms with Gasteiger partial charge in [-0.1, -0.05) is 17.9 Å². The lowest BCUT2D eigenvalue weighted by atomic mass is 9.89. The van der Waals surface area contributed by atoms with Gasteiger partial charge in [-0.15, -0.1) is 0 Å². The Morgan fingerprint density at radius 2 is 1.91 bits per heavy atom. The average molecular weight is 482 g/mol. The number of anilines is 1. The number of rotatable bonds is 2. The molecule has 0 bridgehead atoms. The molecule has 8 nitrogen and oxygen atoms in total. The molecule has 3 heterocycles. The fraction of sp³-hybridized carbons (Fsp3) is 0.593. The van der Waals surface area contributed by atoms with Crippen LogP contribution in [0.5, 0.6) is 0 Å². The number of likely N-dealkylation sites (tertiary alicyclic amines) is 1. The summed E-state index contributed by atoms with van der Waals surface area (Å²) in [6.45, 7) is 10.2. The van der Waals surface area contributed by atoms with Crippen LogP contribution in [-0.4, -0.2) is 84.7 Å². The molecule has 0 unspecified atom stereocenters. The van der Waals surface area contributed by atoms with Gasteiger partial charge in [0.1, 0.15) is 11.4 Å². The van der Waals surface area contributed by atoms with Crippen molar-refractivity contribution in [2.75, 3.05) is 50.8 Å². The summed E-state index contributed by atoms with van der Waals surface area (Å²) in [6, 6.07) is 7.62. The summed E-state index contributed by atoms with van der Waals surface area (Å²) in [7, 11) is 0. The third kappa shape index (κ3) is 6.62. The summed E-state index contributed by atoms with van der Waals surface area (Å²) < 4.78 is 11.7. The second-order valence-electron chi connectivity index (χ2n) is 10.6. The van der Waals surface area contributed by atoms with Gasteiger partial charge in [-0.25, -0.2) is 4.79 Å². The number of morpholine rings is 1. The Bertz CT molecular complexity index is 1030. The lowest BCUT2D eigenvalue weighted by molar-refractivity contribution is -0.132. The van der Waals surface area contributed by atoms with Crippen molar-refractivity contribution in [1.29, 1.82) is 0 Å². The predicted octanol–water partition coefficient (Wildman–Crippen LogP) is 2.84. The van der Waals surface area contributed by atoms with Gasteiger partial charge in [-0.3, -0.25) is 14.5 Å². The number of piperidine rings is 2. The van der Waals surface area contributed by atoms with Crippen molar-refractivity contribution in [2.45, 2.75) is 57.7 Å². The minimum absolute atomic E-state index is 0.000920. The molecule has 0 aromatic heterocycles. The van der Waals surface area contributed by atoms with Crippen molar-refractivity contribution in [3.05, 3.63) is 29.8 Å². The zero-order valence-electron chi connectivity index (χ0n) is 21.0. The Morgan fingerprint density at radius 1 is 1.14 bits per heavy atom. The van der Waals surface area contributed by atoms with Gasteiger partial charge in [-0.05, 0) is 51.8 Å². The molecule has 1 aromatic carbocycles. The highest BCUT2D eigenvalue weighted by molar-refractivity contribution is 6.08. The molecule has 0 aliphatic carbocycles. The molecule has 3 fully saturated rings. The van der Waals surface area contributed by atoms with E-state index in [0.29, 0.717) is 39.2 Å². The number of carbonyl (C=O) groups is 3. The van der Waals surface area contributed by atoms with E-state index in [1.54, 1.807) is 9.80 Å². The van der Waals surface area contributed by atoms with Crippen LogP contribution in [0, 0.1) is 11.8 Å². The van der Waals surface area contributed by atoms with Crippen molar-refractivity contribution in [2.24, 2.45) is 0 Å². The minimum Gasteiger partial charge on any atom is -0.444 e. The zero-order valence-corrected chi connectivity index (χ0v) is 21.0. The van der Waals surface area contributed by atoms with Gasteiger partial charge in [0.2, 0.25) is 5.91 Å². The number of benzene rings is 1. The first-order valence-electron chi connectivity index (χ1n) is 12.4. The predicted molar refractivity (Wildman–Crippen MR) is 132 cm³/mol. The SMILES string of the molecule is CC(C)(C)OC(=O)N1CCC2(CC1)CN(CC#Cc1cccc(N3CCC(=O)CC3=O)c1)CCO2. The van der Waals surface area contributed by atoms with E-state index >= 15 is 0 Å². The molecule has 2 amide bonds. The van der Waals surface area contributed by atoms with Crippen LogP contribution in [0.2, 0.25) is 0 Å². The molecule has 1 spiro atoms. The van der Waals surface area contributed by atoms with E-state index in [1.807, 2.05) is 45.0 Å². The van der Waals surface area contributed by atoms with Crippen molar-refractivity contribution in [3.63, 3.8) is 0 Å². The molecule has 8 heteroatoms. The number of ether oxygens (including phenoxy) is 2. The monoisotopic (exact) mass is 481 g/mol. The Balaban J connectivity index is 1.31. The number of carbonyl (C=O) groups excluding carboxylic acids is 3. The quantitative estimate of drug-likeness (QED) is 0.478. The summed E-state index contributed by atoms with van der Waals surface area (Å²) in [5.74, 6) is 6.35. The third-order valence-corrected chi connectivity index (χ3v) is 6.61. The molecule has 4 rings (SSSR count). The first-order valence-corrected chi connectivity index (χ1v) is 12.4. The highest BCUT2D eigenvalue weighted by Gasteiger charge is 2.41. The maximum Gasteiger partial charge on any atom is 0.410 e. The van der Waals surface area contributed by atoms with E-state index in [-0.39, 0.29) is 29.8 Å². The third-order valence-electron chi connectivity index (χ3n) is 6.61. The van der Waals surface area contributed by atoms with Crippen molar-refractivity contribution >= 4 is 23.5 Å². The highest BCUT2D eigenvalue weighted by Crippen LogP contribution is 2.30. The molecule has 3 aliphatic rings. The molecule has 3 aliphatic heterocycles. The summed E-state index contributed by atoms with van der Waals surface area (Å²) in [6.07, 6.45) is 1.68. The fourth-order valence-corrected chi connectivity index (χ4v) is 4.78. The Kier molecular flexibility index (Phi) is 7.48. The number of hydrogen-bond donors (Lipinski definition) is 0. The molecule has 3 saturated heterocycles. The second kappa shape index (κ2) is 10.4. The molecular formula is C27H35N3O5. The molecule has 35 heavy (non-hydrogen) atoms. The van der Waals surface area contributed by atoms with Crippen LogP contribution >= 0.6 is 0 Å². The lowest BCUT2D eigenvalue weighted by Crippen LogP contribution is -2.57. The zero-order chi connectivity index (χ0) is 25.1. The summed E-state index contributed by atoms with van der Waals surface area (Å²) >= 11 is 0. The van der Waals surface area contributed by atoms with Crippen LogP contribution < -0.4 is 4.90 Å². The largest absolute Gasteiger partial charge is 0.444 e. The molecule has 0 saturated carbocycles. The molecule has 188 valence electrons. The van der Waals surface area contributed by atoms with Gasteiger partial charge in [-0.2, -0.15) is 0 Å². The number of amides is 2. The van der Waals surface area contributed by atoms with Crippen molar-refractivity contribution in [1.82, 2.24) is 9.80 Å². The summed E-state index contributed by atoms with van der Waals surface area (Å²) in [4.78, 5) is 41.9. The van der Waals surface area contributed by atoms with E-state index in [4.69, 9.17) is 9.47 Å². The Hall–Kier alpha value is -2.89. The van der Waals surface area contributed by atoms with Gasteiger partial charge in [0.05, 0.1) is 25.2 Å². The number of nitrogens with zero attached hydrogens (tertiary/aromatic N) is 3. The number of hydrogen-bond acceptors (Lipinski definition) is 6. The number of ketones is 1. The van der Waals surface area contributed by atoms with Crippen LogP contribution in [0.15, 0.2) is 24.3 Å². The van der Waals surface area contributed by atoms with E-state index in [1.165, 1.54) is 0 Å². The average Bonchev–Trinajstić information content (AvgIpc) is 2.79. The molecule has 0 radical (unpaired) electrons. The normalized spacial score (nSPS) is 21.0. The van der Waals surface area contributed by atoms with Crippen LogP contribution in [0.1, 0.15) is 52.0 Å². The maximum atomic E-state index is 12.4. The van der Waals surface area contributed by atoms with Crippen LogP contribution in [0.4, 0.5) is 10.5 Å². The minimum atomic E-state index is -0.495. The van der Waals surface area contributed by atoms with E-state index in [2.05, 4.69) is 16.7 Å². The van der Waals surface area contributed by atoms with Gasteiger partial charge < -0.3 is 19.3 Å². The Labute approximate surface area is 207 Å².